The number of hydrogen-bond acceptors (Lipinski definition) is 6. The Hall–Kier alpha value is -2.75. The Balaban J connectivity index is 1.18. The van der Waals surface area contributed by atoms with E-state index >= 15 is 0 Å². The van der Waals surface area contributed by atoms with Gasteiger partial charge in [-0.15, -0.1) is 0 Å². The molecular weight excluding hydrogens is 440 g/mol. The molecule has 33 heavy (non-hydrogen) atoms. The molecule has 2 aromatic heterocycles. The molecule has 0 bridgehead atoms. The van der Waals surface area contributed by atoms with Crippen molar-refractivity contribution in [2.45, 2.75) is 43.2 Å². The minimum atomic E-state index is -3.51. The lowest BCUT2D eigenvalue weighted by atomic mass is 10.1. The first-order valence-electron chi connectivity index (χ1n) is 11.5. The molecule has 1 amide bonds. The third-order valence-electron chi connectivity index (χ3n) is 6.64. The van der Waals surface area contributed by atoms with Crippen molar-refractivity contribution in [3.63, 3.8) is 0 Å². The van der Waals surface area contributed by atoms with Gasteiger partial charge in [0.15, 0.2) is 11.3 Å². The number of fused-ring (bicyclic) bond motifs is 1. The molecule has 2 aliphatic rings. The van der Waals surface area contributed by atoms with E-state index in [1.165, 1.54) is 12.8 Å². The smallest absolute Gasteiger partial charge is 0.287 e. The fourth-order valence-corrected chi connectivity index (χ4v) is 6.22. The van der Waals surface area contributed by atoms with Gasteiger partial charge in [-0.1, -0.05) is 12.1 Å². The first kappa shape index (κ1) is 22.1. The average molecular weight is 469 g/mol. The summed E-state index contributed by atoms with van der Waals surface area (Å²) in [6.45, 7) is 3.68. The molecule has 3 aromatic rings. The van der Waals surface area contributed by atoms with Crippen LogP contribution in [0.5, 0.6) is 0 Å². The van der Waals surface area contributed by atoms with Crippen LogP contribution in [-0.2, 0) is 16.6 Å². The summed E-state index contributed by atoms with van der Waals surface area (Å²) in [4.78, 5) is 19.2. The normalized spacial score (nSPS) is 18.7. The van der Waals surface area contributed by atoms with Crippen LogP contribution in [0.25, 0.3) is 11.0 Å². The molecule has 2 fully saturated rings. The summed E-state index contributed by atoms with van der Waals surface area (Å²) in [5.41, 5.74) is 1.37. The fourth-order valence-electron chi connectivity index (χ4n) is 4.75. The second-order valence-electron chi connectivity index (χ2n) is 8.73. The SMILES string of the molecule is O=C(NCc1ccc(S(=O)(=O)N2CCC(N3CCCC3)CC2)cc1)c1cc2ccncc2o1. The molecular formula is C24H28N4O4S. The number of nitrogens with zero attached hydrogens (tertiary/aromatic N) is 3. The summed E-state index contributed by atoms with van der Waals surface area (Å²) in [5.74, 6) is -0.113. The number of amides is 1. The molecule has 0 radical (unpaired) electrons. The second kappa shape index (κ2) is 9.24. The number of piperidine rings is 1. The Bertz CT molecular complexity index is 1190. The fraction of sp³-hybridized carbons (Fsp3) is 0.417. The van der Waals surface area contributed by atoms with Gasteiger partial charge < -0.3 is 14.6 Å². The highest BCUT2D eigenvalue weighted by Crippen LogP contribution is 2.25. The van der Waals surface area contributed by atoms with E-state index in [0.717, 1.165) is 36.9 Å². The first-order valence-corrected chi connectivity index (χ1v) is 12.9. The van der Waals surface area contributed by atoms with Crippen LogP contribution < -0.4 is 5.32 Å². The van der Waals surface area contributed by atoms with E-state index in [2.05, 4.69) is 15.2 Å². The van der Waals surface area contributed by atoms with Crippen molar-refractivity contribution in [1.82, 2.24) is 19.5 Å². The molecule has 0 spiro atoms. The van der Waals surface area contributed by atoms with Crippen molar-refractivity contribution in [3.05, 3.63) is 60.1 Å². The van der Waals surface area contributed by atoms with Crippen LogP contribution in [0, 0.1) is 0 Å². The molecule has 4 heterocycles. The summed E-state index contributed by atoms with van der Waals surface area (Å²) in [7, 11) is -3.51. The zero-order valence-electron chi connectivity index (χ0n) is 18.4. The van der Waals surface area contributed by atoms with Crippen LogP contribution in [0.3, 0.4) is 0 Å². The summed E-state index contributed by atoms with van der Waals surface area (Å²) < 4.78 is 33.3. The number of rotatable bonds is 6. The predicted octanol–water partition coefficient (Wildman–Crippen LogP) is 3.01. The lowest BCUT2D eigenvalue weighted by Crippen LogP contribution is -2.45. The number of benzene rings is 1. The number of likely N-dealkylation sites (tertiary alicyclic amines) is 1. The molecule has 0 saturated carbocycles. The minimum absolute atomic E-state index is 0.217. The maximum absolute atomic E-state index is 13.1. The molecule has 1 N–H and O–H groups in total. The monoisotopic (exact) mass is 468 g/mol. The van der Waals surface area contributed by atoms with E-state index in [1.807, 2.05) is 0 Å². The molecule has 2 saturated heterocycles. The van der Waals surface area contributed by atoms with Crippen molar-refractivity contribution >= 4 is 26.9 Å². The highest BCUT2D eigenvalue weighted by atomic mass is 32.2. The quantitative estimate of drug-likeness (QED) is 0.598. The van der Waals surface area contributed by atoms with Gasteiger partial charge in [0.05, 0.1) is 11.1 Å². The van der Waals surface area contributed by atoms with E-state index in [0.29, 0.717) is 29.6 Å². The number of carbonyl (C=O) groups is 1. The van der Waals surface area contributed by atoms with E-state index in [4.69, 9.17) is 4.42 Å². The number of aromatic nitrogens is 1. The second-order valence-corrected chi connectivity index (χ2v) is 10.7. The van der Waals surface area contributed by atoms with Crippen molar-refractivity contribution in [2.24, 2.45) is 0 Å². The van der Waals surface area contributed by atoms with Crippen molar-refractivity contribution in [2.75, 3.05) is 26.2 Å². The van der Waals surface area contributed by atoms with Gasteiger partial charge in [-0.25, -0.2) is 8.42 Å². The van der Waals surface area contributed by atoms with E-state index < -0.39 is 10.0 Å². The van der Waals surface area contributed by atoms with Crippen molar-refractivity contribution in [1.29, 1.82) is 0 Å². The largest absolute Gasteiger partial charge is 0.449 e. The third-order valence-corrected chi connectivity index (χ3v) is 8.55. The summed E-state index contributed by atoms with van der Waals surface area (Å²) in [6, 6.07) is 10.7. The van der Waals surface area contributed by atoms with Crippen LogP contribution in [-0.4, -0.2) is 60.7 Å². The van der Waals surface area contributed by atoms with Gasteiger partial charge in [0.2, 0.25) is 10.0 Å². The molecule has 1 aromatic carbocycles. The predicted molar refractivity (Wildman–Crippen MR) is 124 cm³/mol. The zero-order valence-corrected chi connectivity index (χ0v) is 19.3. The number of carbonyl (C=O) groups excluding carboxylic acids is 1. The minimum Gasteiger partial charge on any atom is -0.449 e. The Morgan fingerprint density at radius 2 is 1.79 bits per heavy atom. The van der Waals surface area contributed by atoms with Gasteiger partial charge in [0.1, 0.15) is 0 Å². The van der Waals surface area contributed by atoms with E-state index in [-0.39, 0.29) is 18.2 Å². The highest BCUT2D eigenvalue weighted by molar-refractivity contribution is 7.89. The maximum atomic E-state index is 13.1. The molecule has 0 atom stereocenters. The molecule has 9 heteroatoms. The molecule has 174 valence electrons. The Morgan fingerprint density at radius 1 is 1.06 bits per heavy atom. The van der Waals surface area contributed by atoms with Gasteiger partial charge in [0.25, 0.3) is 5.91 Å². The average Bonchev–Trinajstić information content (AvgIpc) is 3.53. The van der Waals surface area contributed by atoms with Gasteiger partial charge in [-0.2, -0.15) is 4.31 Å². The van der Waals surface area contributed by atoms with E-state index in [1.54, 1.807) is 53.1 Å². The molecule has 8 nitrogen and oxygen atoms in total. The summed E-state index contributed by atoms with van der Waals surface area (Å²) in [6.07, 6.45) is 7.50. The standard InChI is InChI=1S/C24H28N4O4S/c29-24(22-15-19-7-10-25-17-23(19)32-22)26-16-18-3-5-21(6-4-18)33(30,31)28-13-8-20(9-14-28)27-11-1-2-12-27/h3-7,10,15,17,20H,1-2,8-9,11-14,16H2,(H,26,29). The van der Waals surface area contributed by atoms with E-state index in [9.17, 15) is 13.2 Å². The van der Waals surface area contributed by atoms with Crippen LogP contribution in [0.15, 0.2) is 58.1 Å². The molecule has 2 aliphatic heterocycles. The molecule has 0 unspecified atom stereocenters. The summed E-state index contributed by atoms with van der Waals surface area (Å²) in [5, 5.41) is 3.63. The van der Waals surface area contributed by atoms with Gasteiger partial charge in [-0.3, -0.25) is 9.78 Å². The number of furan rings is 1. The maximum Gasteiger partial charge on any atom is 0.287 e. The van der Waals surface area contributed by atoms with Crippen LogP contribution in [0.2, 0.25) is 0 Å². The van der Waals surface area contributed by atoms with Crippen molar-refractivity contribution < 1.29 is 17.6 Å². The highest BCUT2D eigenvalue weighted by Gasteiger charge is 2.32. The number of nitrogens with one attached hydrogen (secondary N) is 1. The number of sulfonamides is 1. The lowest BCUT2D eigenvalue weighted by molar-refractivity contribution is 0.0925. The first-order chi connectivity index (χ1) is 16.0. The Morgan fingerprint density at radius 3 is 2.48 bits per heavy atom. The van der Waals surface area contributed by atoms with Crippen LogP contribution >= 0.6 is 0 Å². The number of pyridine rings is 1. The zero-order chi connectivity index (χ0) is 22.8. The Labute approximate surface area is 193 Å². The lowest BCUT2D eigenvalue weighted by Gasteiger charge is -2.36. The van der Waals surface area contributed by atoms with Crippen LogP contribution in [0.1, 0.15) is 41.8 Å². The topological polar surface area (TPSA) is 95.8 Å². The number of hydrogen-bond donors (Lipinski definition) is 1. The molecule has 5 rings (SSSR count). The third kappa shape index (κ3) is 4.66. The van der Waals surface area contributed by atoms with Gasteiger partial charge in [-0.05, 0) is 68.6 Å². The summed E-state index contributed by atoms with van der Waals surface area (Å²) >= 11 is 0. The van der Waals surface area contributed by atoms with Gasteiger partial charge in [0, 0.05) is 37.3 Å². The molecule has 0 aliphatic carbocycles. The Kier molecular flexibility index (Phi) is 6.18. The van der Waals surface area contributed by atoms with Gasteiger partial charge >= 0.3 is 0 Å². The van der Waals surface area contributed by atoms with Crippen molar-refractivity contribution in [3.8, 4) is 0 Å². The van der Waals surface area contributed by atoms with Crippen LogP contribution in [0.4, 0.5) is 0 Å².